The van der Waals surface area contributed by atoms with Gasteiger partial charge in [0.05, 0.1) is 0 Å². The molecule has 10 heteroatoms. The third-order valence-corrected chi connectivity index (χ3v) is 6.18. The predicted molar refractivity (Wildman–Crippen MR) is 133 cm³/mol. The lowest BCUT2D eigenvalue weighted by Crippen LogP contribution is -2.39. The molecule has 1 saturated heterocycles. The van der Waals surface area contributed by atoms with Gasteiger partial charge in [0, 0.05) is 17.6 Å². The van der Waals surface area contributed by atoms with Gasteiger partial charge in [-0.05, 0) is 62.7 Å². The van der Waals surface area contributed by atoms with Crippen molar-refractivity contribution in [3.8, 4) is 5.75 Å². The van der Waals surface area contributed by atoms with Crippen LogP contribution < -0.4 is 10.1 Å². The first-order valence-electron chi connectivity index (χ1n) is 11.7. The number of hydrogen-bond acceptors (Lipinski definition) is 7. The predicted octanol–water partition coefficient (Wildman–Crippen LogP) is 2.94. The van der Waals surface area contributed by atoms with Gasteiger partial charge in [-0.2, -0.15) is 0 Å². The second kappa shape index (κ2) is 13.6. The number of ether oxygens (including phenoxy) is 1. The first-order valence-corrected chi connectivity index (χ1v) is 11.7. The molecule has 36 heavy (non-hydrogen) atoms. The standard InChI is InChI=1S/C22H28N2O2.C4H6O6/c1-3-22(14-7-8-15-24(2)17-22)18-10-9-13-20(16-18)26-21(25)23-19-11-5-4-6-12-19;5-1(3(7)8)2(6)4(9)10/h4-6,9-13,16H,3,7-8,14-15,17H2,1-2H3,(H,23,25);1-2,5-6H,(H,7,8)(H,9,10)/t;1-,2-/m.1/s1. The van der Waals surface area contributed by atoms with Crippen LogP contribution in [-0.4, -0.2) is 75.7 Å². The molecule has 3 rings (SSSR count). The van der Waals surface area contributed by atoms with Gasteiger partial charge in [0.25, 0.3) is 0 Å². The molecule has 1 aliphatic heterocycles. The number of nitrogens with one attached hydrogen (secondary N) is 1. The highest BCUT2D eigenvalue weighted by molar-refractivity contribution is 5.86. The Labute approximate surface area is 210 Å². The van der Waals surface area contributed by atoms with Crippen molar-refractivity contribution in [2.24, 2.45) is 0 Å². The molecule has 1 heterocycles. The lowest BCUT2D eigenvalue weighted by Gasteiger charge is -2.35. The maximum Gasteiger partial charge on any atom is 0.417 e. The minimum absolute atomic E-state index is 0.126. The molecule has 2 aromatic carbocycles. The summed E-state index contributed by atoms with van der Waals surface area (Å²) >= 11 is 0. The molecule has 1 aliphatic rings. The Morgan fingerprint density at radius 1 is 1.00 bits per heavy atom. The molecule has 0 aromatic heterocycles. The van der Waals surface area contributed by atoms with E-state index in [0.29, 0.717) is 5.75 Å². The number of aliphatic hydroxyl groups excluding tert-OH is 2. The highest BCUT2D eigenvalue weighted by Gasteiger charge is 2.33. The summed E-state index contributed by atoms with van der Waals surface area (Å²) in [4.78, 5) is 34.2. The Hall–Kier alpha value is -3.47. The number of carbonyl (C=O) groups is 3. The monoisotopic (exact) mass is 502 g/mol. The van der Waals surface area contributed by atoms with Crippen LogP contribution in [0.2, 0.25) is 0 Å². The smallest absolute Gasteiger partial charge is 0.417 e. The van der Waals surface area contributed by atoms with Crippen LogP contribution in [0.3, 0.4) is 0 Å². The Morgan fingerprint density at radius 3 is 2.22 bits per heavy atom. The summed E-state index contributed by atoms with van der Waals surface area (Å²) < 4.78 is 5.53. The molecule has 0 aliphatic carbocycles. The van der Waals surface area contributed by atoms with Crippen molar-refractivity contribution in [2.75, 3.05) is 25.5 Å². The highest BCUT2D eigenvalue weighted by atomic mass is 16.6. The quantitative estimate of drug-likeness (QED) is 0.384. The summed E-state index contributed by atoms with van der Waals surface area (Å²) in [6, 6.07) is 17.4. The number of anilines is 1. The van der Waals surface area contributed by atoms with E-state index in [1.807, 2.05) is 48.5 Å². The number of aliphatic hydroxyl groups is 2. The van der Waals surface area contributed by atoms with E-state index in [1.165, 1.54) is 24.8 Å². The molecule has 3 atom stereocenters. The van der Waals surface area contributed by atoms with Crippen LogP contribution in [0, 0.1) is 0 Å². The number of carboxylic acid groups (broad SMARTS) is 2. The highest BCUT2D eigenvalue weighted by Crippen LogP contribution is 2.37. The fraction of sp³-hybridized carbons (Fsp3) is 0.423. The van der Waals surface area contributed by atoms with Crippen LogP contribution in [-0.2, 0) is 15.0 Å². The zero-order chi connectivity index (χ0) is 26.7. The first kappa shape index (κ1) is 28.8. The molecule has 2 aromatic rings. The van der Waals surface area contributed by atoms with Gasteiger partial charge in [0.1, 0.15) is 5.75 Å². The van der Waals surface area contributed by atoms with Crippen LogP contribution in [0.1, 0.15) is 38.2 Å². The van der Waals surface area contributed by atoms with E-state index >= 15 is 0 Å². The summed E-state index contributed by atoms with van der Waals surface area (Å²) in [5.41, 5.74) is 2.11. The van der Waals surface area contributed by atoms with E-state index in [0.717, 1.165) is 25.2 Å². The van der Waals surface area contributed by atoms with Gasteiger partial charge in [-0.25, -0.2) is 14.4 Å². The Kier molecular flexibility index (Phi) is 10.8. The molecule has 0 bridgehead atoms. The number of hydrogen-bond donors (Lipinski definition) is 5. The van der Waals surface area contributed by atoms with Gasteiger partial charge >= 0.3 is 18.0 Å². The summed E-state index contributed by atoms with van der Waals surface area (Å²) in [5, 5.41) is 35.3. The molecule has 1 unspecified atom stereocenters. The van der Waals surface area contributed by atoms with E-state index in [9.17, 15) is 14.4 Å². The van der Waals surface area contributed by atoms with Crippen LogP contribution in [0.4, 0.5) is 10.5 Å². The second-order valence-corrected chi connectivity index (χ2v) is 8.80. The Bertz CT molecular complexity index is 998. The summed E-state index contributed by atoms with van der Waals surface area (Å²) in [7, 11) is 2.20. The van der Waals surface area contributed by atoms with Crippen molar-refractivity contribution in [2.45, 2.75) is 50.2 Å². The number of amides is 1. The van der Waals surface area contributed by atoms with Crippen LogP contribution >= 0.6 is 0 Å². The SMILES string of the molecule is CCC1(c2cccc(OC(=O)Nc3ccccc3)c2)CCCCN(C)C1.O=C(O)[C@H](O)[C@@H](O)C(=O)O. The van der Waals surface area contributed by atoms with Crippen molar-refractivity contribution >= 4 is 23.7 Å². The van der Waals surface area contributed by atoms with Crippen molar-refractivity contribution in [3.63, 3.8) is 0 Å². The fourth-order valence-corrected chi connectivity index (χ4v) is 4.18. The molecule has 0 spiro atoms. The number of nitrogens with zero attached hydrogens (tertiary/aromatic N) is 1. The van der Waals surface area contributed by atoms with Crippen molar-refractivity contribution in [1.82, 2.24) is 4.90 Å². The Morgan fingerprint density at radius 2 is 1.64 bits per heavy atom. The number of carbonyl (C=O) groups excluding carboxylic acids is 1. The summed E-state index contributed by atoms with van der Waals surface area (Å²) in [5.74, 6) is -2.94. The third kappa shape index (κ3) is 8.33. The molecule has 1 fully saturated rings. The maximum atomic E-state index is 12.2. The summed E-state index contributed by atoms with van der Waals surface area (Å²) in [6.45, 7) is 4.45. The van der Waals surface area contributed by atoms with Gasteiger partial charge in [-0.15, -0.1) is 0 Å². The number of carboxylic acids is 2. The fourth-order valence-electron chi connectivity index (χ4n) is 4.18. The zero-order valence-electron chi connectivity index (χ0n) is 20.5. The number of likely N-dealkylation sites (N-methyl/N-ethyl adjacent to an activating group) is 1. The van der Waals surface area contributed by atoms with Crippen LogP contribution in [0.25, 0.3) is 0 Å². The zero-order valence-corrected chi connectivity index (χ0v) is 20.5. The van der Waals surface area contributed by atoms with E-state index in [-0.39, 0.29) is 5.41 Å². The van der Waals surface area contributed by atoms with Gasteiger partial charge in [-0.3, -0.25) is 5.32 Å². The van der Waals surface area contributed by atoms with E-state index < -0.39 is 30.2 Å². The topological polar surface area (TPSA) is 157 Å². The van der Waals surface area contributed by atoms with Crippen molar-refractivity contribution < 1.29 is 39.5 Å². The minimum atomic E-state index is -2.27. The molecule has 1 amide bonds. The minimum Gasteiger partial charge on any atom is -0.479 e. The first-order chi connectivity index (χ1) is 17.1. The van der Waals surface area contributed by atoms with E-state index in [4.69, 9.17) is 25.2 Å². The maximum absolute atomic E-state index is 12.2. The number of aliphatic carboxylic acids is 2. The third-order valence-electron chi connectivity index (χ3n) is 6.18. The Balaban J connectivity index is 0.000000388. The second-order valence-electron chi connectivity index (χ2n) is 8.80. The summed E-state index contributed by atoms with van der Waals surface area (Å²) in [6.07, 6.45) is -0.261. The molecule has 196 valence electrons. The molecule has 0 radical (unpaired) electrons. The van der Waals surface area contributed by atoms with E-state index in [2.05, 4.69) is 30.3 Å². The van der Waals surface area contributed by atoms with Gasteiger partial charge in [0.2, 0.25) is 0 Å². The molecule has 0 saturated carbocycles. The average Bonchev–Trinajstić information content (AvgIpc) is 3.06. The van der Waals surface area contributed by atoms with Gasteiger partial charge in [0.15, 0.2) is 12.2 Å². The number of para-hydroxylation sites is 1. The number of benzene rings is 2. The normalized spacial score (nSPS) is 19.6. The molecular formula is C26H34N2O8. The number of likely N-dealkylation sites (tertiary alicyclic amines) is 1. The van der Waals surface area contributed by atoms with Crippen LogP contribution in [0.15, 0.2) is 54.6 Å². The lowest BCUT2D eigenvalue weighted by molar-refractivity contribution is -0.165. The average molecular weight is 503 g/mol. The van der Waals surface area contributed by atoms with Crippen molar-refractivity contribution in [1.29, 1.82) is 0 Å². The van der Waals surface area contributed by atoms with Crippen LogP contribution in [0.5, 0.6) is 5.75 Å². The largest absolute Gasteiger partial charge is 0.479 e. The van der Waals surface area contributed by atoms with Gasteiger partial charge < -0.3 is 30.1 Å². The number of rotatable bonds is 7. The van der Waals surface area contributed by atoms with Gasteiger partial charge in [-0.1, -0.05) is 43.7 Å². The molecular weight excluding hydrogens is 468 g/mol. The molecule has 5 N–H and O–H groups in total. The lowest BCUT2D eigenvalue weighted by atomic mass is 9.74. The van der Waals surface area contributed by atoms with E-state index in [1.54, 1.807) is 0 Å². The van der Waals surface area contributed by atoms with Crippen molar-refractivity contribution in [3.05, 3.63) is 60.2 Å². The molecule has 10 nitrogen and oxygen atoms in total.